The molecule has 4 bridgehead atoms. The second-order valence-corrected chi connectivity index (χ2v) is 8.79. The Kier molecular flexibility index (Phi) is 4.03. The number of carbonyl (C=O) groups excluding carboxylic acids is 2. The fraction of sp³-hybridized carbons (Fsp3) is 0.500. The van der Waals surface area contributed by atoms with Crippen molar-refractivity contribution in [3.8, 4) is 0 Å². The fourth-order valence-electron chi connectivity index (χ4n) is 6.00. The summed E-state index contributed by atoms with van der Waals surface area (Å²) in [7, 11) is 0. The Hall–Kier alpha value is -2.63. The standard InChI is InChI=1S/C22H23NO5/c24-17-8-19(28-18-4-2-1-3-16(17)18)21(26)27-12-20(25)23-22-9-13-5-14(10-22)7-15(6-13)11-22/h1-4,8,13-15H,5-7,9-12H2,(H,23,25). The molecule has 4 saturated carbocycles. The third-order valence-corrected chi connectivity index (χ3v) is 6.61. The second-order valence-electron chi connectivity index (χ2n) is 8.79. The van der Waals surface area contributed by atoms with Crippen LogP contribution in [0.5, 0.6) is 0 Å². The monoisotopic (exact) mass is 381 g/mol. The molecule has 0 atom stereocenters. The highest BCUT2D eigenvalue weighted by Gasteiger charge is 2.51. The zero-order valence-corrected chi connectivity index (χ0v) is 15.6. The summed E-state index contributed by atoms with van der Waals surface area (Å²) in [5, 5.41) is 3.57. The number of fused-ring (bicyclic) bond motifs is 1. The first-order valence-electron chi connectivity index (χ1n) is 10.0. The molecule has 1 amide bonds. The van der Waals surface area contributed by atoms with Gasteiger partial charge in [0.25, 0.3) is 5.91 Å². The van der Waals surface area contributed by atoms with Crippen LogP contribution in [0.25, 0.3) is 11.0 Å². The van der Waals surface area contributed by atoms with Crippen molar-refractivity contribution in [2.24, 2.45) is 17.8 Å². The third-order valence-electron chi connectivity index (χ3n) is 6.61. The lowest BCUT2D eigenvalue weighted by atomic mass is 9.53. The van der Waals surface area contributed by atoms with E-state index in [1.54, 1.807) is 24.3 Å². The van der Waals surface area contributed by atoms with E-state index in [0.717, 1.165) is 43.1 Å². The maximum Gasteiger partial charge on any atom is 0.374 e. The molecule has 1 aromatic heterocycles. The van der Waals surface area contributed by atoms with Gasteiger partial charge in [0.1, 0.15) is 5.58 Å². The fourth-order valence-corrected chi connectivity index (χ4v) is 6.00. The Morgan fingerprint density at radius 1 is 1.07 bits per heavy atom. The summed E-state index contributed by atoms with van der Waals surface area (Å²) in [5.74, 6) is 0.899. The van der Waals surface area contributed by atoms with E-state index < -0.39 is 5.97 Å². The number of hydrogen-bond acceptors (Lipinski definition) is 5. The molecule has 0 unspecified atom stereocenters. The summed E-state index contributed by atoms with van der Waals surface area (Å²) >= 11 is 0. The summed E-state index contributed by atoms with van der Waals surface area (Å²) in [6, 6.07) is 7.81. The molecule has 0 saturated heterocycles. The van der Waals surface area contributed by atoms with Crippen molar-refractivity contribution in [1.82, 2.24) is 5.32 Å². The van der Waals surface area contributed by atoms with Gasteiger partial charge in [-0.05, 0) is 68.4 Å². The minimum Gasteiger partial charge on any atom is -0.450 e. The number of amides is 1. The Morgan fingerprint density at radius 2 is 1.71 bits per heavy atom. The smallest absolute Gasteiger partial charge is 0.374 e. The van der Waals surface area contributed by atoms with Crippen LogP contribution in [0.2, 0.25) is 0 Å². The zero-order valence-electron chi connectivity index (χ0n) is 15.6. The van der Waals surface area contributed by atoms with E-state index in [9.17, 15) is 14.4 Å². The van der Waals surface area contributed by atoms with Gasteiger partial charge in [-0.25, -0.2) is 4.79 Å². The van der Waals surface area contributed by atoms with Crippen LogP contribution in [0.1, 0.15) is 49.1 Å². The van der Waals surface area contributed by atoms with Crippen molar-refractivity contribution < 1.29 is 18.7 Å². The number of rotatable bonds is 4. The Bertz CT molecular complexity index is 972. The molecule has 6 nitrogen and oxygen atoms in total. The highest BCUT2D eigenvalue weighted by atomic mass is 16.5. The van der Waals surface area contributed by atoms with Crippen molar-refractivity contribution in [2.45, 2.75) is 44.1 Å². The Balaban J connectivity index is 1.23. The second kappa shape index (κ2) is 6.47. The Morgan fingerprint density at radius 3 is 2.39 bits per heavy atom. The highest BCUT2D eigenvalue weighted by molar-refractivity contribution is 5.90. The number of esters is 1. The van der Waals surface area contributed by atoms with Gasteiger partial charge in [0.15, 0.2) is 12.0 Å². The van der Waals surface area contributed by atoms with Crippen LogP contribution in [-0.2, 0) is 9.53 Å². The van der Waals surface area contributed by atoms with Crippen LogP contribution in [-0.4, -0.2) is 24.0 Å². The van der Waals surface area contributed by atoms with E-state index in [0.29, 0.717) is 11.0 Å². The number of carbonyl (C=O) groups is 2. The van der Waals surface area contributed by atoms with Gasteiger partial charge in [-0.1, -0.05) is 12.1 Å². The van der Waals surface area contributed by atoms with Gasteiger partial charge < -0.3 is 14.5 Å². The van der Waals surface area contributed by atoms with Gasteiger partial charge in [0, 0.05) is 11.6 Å². The van der Waals surface area contributed by atoms with Crippen molar-refractivity contribution in [2.75, 3.05) is 6.61 Å². The normalized spacial score (nSPS) is 30.4. The maximum absolute atomic E-state index is 12.5. The first kappa shape index (κ1) is 17.5. The lowest BCUT2D eigenvalue weighted by Gasteiger charge is -2.56. The molecule has 4 fully saturated rings. The van der Waals surface area contributed by atoms with E-state index >= 15 is 0 Å². The van der Waals surface area contributed by atoms with Crippen LogP contribution in [0.4, 0.5) is 0 Å². The molecule has 1 N–H and O–H groups in total. The Labute approximate surface area is 162 Å². The number of benzene rings is 1. The number of hydrogen-bond donors (Lipinski definition) is 1. The third kappa shape index (κ3) is 3.11. The largest absolute Gasteiger partial charge is 0.450 e. The molecule has 146 valence electrons. The van der Waals surface area contributed by atoms with E-state index in [-0.39, 0.29) is 29.2 Å². The van der Waals surface area contributed by atoms with Gasteiger partial charge in [-0.2, -0.15) is 0 Å². The van der Waals surface area contributed by atoms with Crippen molar-refractivity contribution >= 4 is 22.8 Å². The van der Waals surface area contributed by atoms with Crippen LogP contribution < -0.4 is 10.7 Å². The van der Waals surface area contributed by atoms with Crippen LogP contribution in [0.15, 0.2) is 39.5 Å². The molecule has 0 radical (unpaired) electrons. The summed E-state index contributed by atoms with van der Waals surface area (Å²) in [6.07, 6.45) is 7.01. The zero-order chi connectivity index (χ0) is 19.3. The van der Waals surface area contributed by atoms with Crippen LogP contribution >= 0.6 is 0 Å². The van der Waals surface area contributed by atoms with Gasteiger partial charge in [0.05, 0.1) is 5.39 Å². The minimum atomic E-state index is -0.802. The average molecular weight is 381 g/mol. The highest BCUT2D eigenvalue weighted by Crippen LogP contribution is 2.55. The topological polar surface area (TPSA) is 85.6 Å². The molecule has 6 rings (SSSR count). The molecule has 28 heavy (non-hydrogen) atoms. The van der Waals surface area contributed by atoms with E-state index in [1.807, 2.05) is 0 Å². The quantitative estimate of drug-likeness (QED) is 0.823. The van der Waals surface area contributed by atoms with Gasteiger partial charge in [-0.3, -0.25) is 9.59 Å². The molecule has 1 heterocycles. The molecule has 1 aromatic carbocycles. The molecule has 2 aromatic rings. The molecular formula is C22H23NO5. The molecular weight excluding hydrogens is 358 g/mol. The summed E-state index contributed by atoms with van der Waals surface area (Å²) in [6.45, 7) is -0.364. The van der Waals surface area contributed by atoms with E-state index in [1.165, 1.54) is 19.3 Å². The first-order chi connectivity index (χ1) is 13.5. The SMILES string of the molecule is O=C(COC(=O)c1cc(=O)c2ccccc2o1)NC12CC3CC(CC(C3)C1)C2. The van der Waals surface area contributed by atoms with Crippen molar-refractivity contribution in [3.05, 3.63) is 46.3 Å². The number of ether oxygens (including phenoxy) is 1. The predicted octanol–water partition coefficient (Wildman–Crippen LogP) is 3.03. The molecule has 0 spiro atoms. The molecule has 0 aliphatic heterocycles. The van der Waals surface area contributed by atoms with E-state index in [2.05, 4.69) is 5.32 Å². The van der Waals surface area contributed by atoms with Crippen LogP contribution in [0, 0.1) is 17.8 Å². The van der Waals surface area contributed by atoms with Gasteiger partial charge >= 0.3 is 5.97 Å². The molecule has 4 aliphatic carbocycles. The maximum atomic E-state index is 12.5. The number of nitrogens with one attached hydrogen (secondary N) is 1. The van der Waals surface area contributed by atoms with Gasteiger partial charge in [-0.15, -0.1) is 0 Å². The summed E-state index contributed by atoms with van der Waals surface area (Å²) < 4.78 is 10.6. The average Bonchev–Trinajstić information content (AvgIpc) is 2.64. The van der Waals surface area contributed by atoms with E-state index in [4.69, 9.17) is 9.15 Å². The summed E-state index contributed by atoms with van der Waals surface area (Å²) in [5.41, 5.74) is -0.111. The van der Waals surface area contributed by atoms with Gasteiger partial charge in [0.2, 0.25) is 5.76 Å². The minimum absolute atomic E-state index is 0.117. The number of para-hydroxylation sites is 1. The molecule has 6 heteroatoms. The van der Waals surface area contributed by atoms with Crippen molar-refractivity contribution in [3.63, 3.8) is 0 Å². The summed E-state index contributed by atoms with van der Waals surface area (Å²) in [4.78, 5) is 36.8. The van der Waals surface area contributed by atoms with Crippen LogP contribution in [0.3, 0.4) is 0 Å². The molecule has 4 aliphatic rings. The first-order valence-corrected chi connectivity index (χ1v) is 10.0. The lowest BCUT2D eigenvalue weighted by Crippen LogP contribution is -2.60. The lowest BCUT2D eigenvalue weighted by molar-refractivity contribution is -0.130. The van der Waals surface area contributed by atoms with Crippen molar-refractivity contribution in [1.29, 1.82) is 0 Å². The predicted molar refractivity (Wildman–Crippen MR) is 102 cm³/mol.